The van der Waals surface area contributed by atoms with E-state index in [4.69, 9.17) is 13.8 Å². The first-order valence-electron chi connectivity index (χ1n) is 13.8. The number of benzene rings is 3. The molecule has 0 bridgehead atoms. The van der Waals surface area contributed by atoms with Gasteiger partial charge in [0, 0.05) is 6.20 Å². The summed E-state index contributed by atoms with van der Waals surface area (Å²) in [6.45, 7) is 5.26. The molecule has 4 aromatic rings. The number of nitrogens with zero attached hydrogens (tertiary/aromatic N) is 1. The van der Waals surface area contributed by atoms with E-state index in [9.17, 15) is 18.9 Å². The van der Waals surface area contributed by atoms with Crippen LogP contribution in [-0.4, -0.2) is 22.4 Å². The average molecular weight is 604 g/mol. The molecule has 0 aliphatic carbocycles. The van der Waals surface area contributed by atoms with Crippen LogP contribution in [0.2, 0.25) is 0 Å². The Bertz CT molecular complexity index is 1570. The van der Waals surface area contributed by atoms with E-state index in [0.29, 0.717) is 23.7 Å². The van der Waals surface area contributed by atoms with Crippen molar-refractivity contribution in [2.45, 2.75) is 39.0 Å². The van der Waals surface area contributed by atoms with E-state index in [1.807, 2.05) is 13.8 Å². The van der Waals surface area contributed by atoms with Crippen LogP contribution >= 0.6 is 7.60 Å². The molecule has 0 aliphatic heterocycles. The van der Waals surface area contributed by atoms with Gasteiger partial charge in [-0.15, -0.1) is 0 Å². The molecule has 0 saturated carbocycles. The van der Waals surface area contributed by atoms with Crippen LogP contribution in [0, 0.1) is 5.92 Å². The number of carbonyl (C=O) groups is 2. The van der Waals surface area contributed by atoms with Gasteiger partial charge in [-0.3, -0.25) is 14.9 Å². The van der Waals surface area contributed by atoms with E-state index in [-0.39, 0.29) is 11.6 Å². The molecule has 224 valence electrons. The van der Waals surface area contributed by atoms with Crippen molar-refractivity contribution in [1.82, 2.24) is 9.88 Å². The van der Waals surface area contributed by atoms with Crippen molar-refractivity contribution in [1.29, 1.82) is 0 Å². The fraction of sp³-hybridized carbons (Fsp3) is 0.219. The third kappa shape index (κ3) is 8.14. The highest BCUT2D eigenvalue weighted by molar-refractivity contribution is 7.55. The summed E-state index contributed by atoms with van der Waals surface area (Å²) in [4.78, 5) is 39.3. The van der Waals surface area contributed by atoms with Gasteiger partial charge < -0.3 is 23.7 Å². The van der Waals surface area contributed by atoms with Gasteiger partial charge in [-0.05, 0) is 61.4 Å². The molecule has 0 aliphatic rings. The van der Waals surface area contributed by atoms with E-state index in [1.165, 1.54) is 29.8 Å². The van der Waals surface area contributed by atoms with Gasteiger partial charge >= 0.3 is 13.7 Å². The number of ether oxygens (including phenoxy) is 1. The van der Waals surface area contributed by atoms with Crippen LogP contribution in [0.3, 0.4) is 0 Å². The molecular formula is C32H34N3O7P. The Morgan fingerprint density at radius 2 is 1.30 bits per heavy atom. The minimum Gasteiger partial charge on any atom is -0.415 e. The summed E-state index contributed by atoms with van der Waals surface area (Å²) in [5.41, 5.74) is -0.702. The highest BCUT2D eigenvalue weighted by atomic mass is 31.2. The first kappa shape index (κ1) is 31.1. The number of hydrogen-bond donors (Lipinski definition) is 2. The minimum absolute atomic E-state index is 0.0768. The zero-order chi connectivity index (χ0) is 30.8. The van der Waals surface area contributed by atoms with Crippen molar-refractivity contribution >= 4 is 25.3 Å². The molecule has 4 rings (SSSR count). The third-order valence-corrected chi connectivity index (χ3v) is 8.98. The largest absolute Gasteiger partial charge is 0.453 e. The highest BCUT2D eigenvalue weighted by Crippen LogP contribution is 2.54. The molecule has 11 heteroatoms. The van der Waals surface area contributed by atoms with Gasteiger partial charge in [0.15, 0.2) is 5.78 Å². The molecule has 3 aromatic carbocycles. The van der Waals surface area contributed by atoms with Crippen LogP contribution in [-0.2, 0) is 9.36 Å². The molecule has 2 amide bonds. The monoisotopic (exact) mass is 603 g/mol. The summed E-state index contributed by atoms with van der Waals surface area (Å²) in [5, 5.41) is 5.27. The Morgan fingerprint density at radius 3 is 1.81 bits per heavy atom. The number of carbonyl (C=O) groups excluding carboxylic acids is 2. The summed E-state index contributed by atoms with van der Waals surface area (Å²) >= 11 is 0. The van der Waals surface area contributed by atoms with Gasteiger partial charge in [-0.2, -0.15) is 0 Å². The number of pyridine rings is 1. The van der Waals surface area contributed by atoms with Crippen LogP contribution in [0.5, 0.6) is 17.2 Å². The maximum atomic E-state index is 14.6. The van der Waals surface area contributed by atoms with Crippen molar-refractivity contribution in [2.75, 3.05) is 5.32 Å². The molecule has 43 heavy (non-hydrogen) atoms. The van der Waals surface area contributed by atoms with Gasteiger partial charge in [0.05, 0.1) is 0 Å². The molecule has 2 unspecified atom stereocenters. The maximum Gasteiger partial charge on any atom is 0.453 e. The van der Waals surface area contributed by atoms with E-state index in [0.717, 1.165) is 0 Å². The minimum atomic E-state index is -4.10. The molecule has 0 radical (unpaired) electrons. The van der Waals surface area contributed by atoms with Gasteiger partial charge in [0.1, 0.15) is 29.0 Å². The SMILES string of the molecule is CCC(C)C(NC(=O)[C@H](C)n1cccc(NC(=O)Oc2ccccc2)c1=O)P(=O)(Oc1ccccc1)Oc1ccccc1. The molecule has 1 heterocycles. The molecule has 2 N–H and O–H groups in total. The zero-order valence-corrected chi connectivity index (χ0v) is 25.0. The summed E-state index contributed by atoms with van der Waals surface area (Å²) in [5.74, 6) is -1.06. The molecule has 10 nitrogen and oxygen atoms in total. The van der Waals surface area contributed by atoms with Crippen molar-refractivity contribution in [3.05, 3.63) is 120 Å². The summed E-state index contributed by atoms with van der Waals surface area (Å²) in [6.07, 6.45) is 1.12. The van der Waals surface area contributed by atoms with Gasteiger partial charge in [-0.25, -0.2) is 9.36 Å². The van der Waals surface area contributed by atoms with Crippen molar-refractivity contribution in [2.24, 2.45) is 5.92 Å². The molecule has 0 saturated heterocycles. The van der Waals surface area contributed by atoms with E-state index < -0.39 is 37.0 Å². The Kier molecular flexibility index (Phi) is 10.4. The second kappa shape index (κ2) is 14.4. The Morgan fingerprint density at radius 1 is 0.791 bits per heavy atom. The number of para-hydroxylation sites is 3. The molecular weight excluding hydrogens is 569 g/mol. The Labute approximate surface area is 250 Å². The fourth-order valence-corrected chi connectivity index (χ4v) is 6.39. The van der Waals surface area contributed by atoms with E-state index in [2.05, 4.69) is 10.6 Å². The summed E-state index contributed by atoms with van der Waals surface area (Å²) < 4.78 is 32.9. The lowest BCUT2D eigenvalue weighted by Gasteiger charge is -2.32. The first-order valence-corrected chi connectivity index (χ1v) is 15.5. The van der Waals surface area contributed by atoms with Crippen molar-refractivity contribution in [3.63, 3.8) is 0 Å². The lowest BCUT2D eigenvalue weighted by atomic mass is 10.1. The molecule has 0 spiro atoms. The topological polar surface area (TPSA) is 125 Å². The number of rotatable bonds is 12. The van der Waals surface area contributed by atoms with E-state index >= 15 is 0 Å². The second-order valence-electron chi connectivity index (χ2n) is 9.83. The molecule has 1 aromatic heterocycles. The van der Waals surface area contributed by atoms with Crippen LogP contribution in [0.1, 0.15) is 33.2 Å². The summed E-state index contributed by atoms with van der Waals surface area (Å²) in [7, 11) is -4.10. The lowest BCUT2D eigenvalue weighted by molar-refractivity contribution is -0.124. The van der Waals surface area contributed by atoms with Gasteiger partial charge in [0.25, 0.3) is 5.56 Å². The maximum absolute atomic E-state index is 14.6. The predicted molar refractivity (Wildman–Crippen MR) is 165 cm³/mol. The fourth-order valence-electron chi connectivity index (χ4n) is 4.18. The smallest absolute Gasteiger partial charge is 0.415 e. The predicted octanol–water partition coefficient (Wildman–Crippen LogP) is 6.86. The quantitative estimate of drug-likeness (QED) is 0.170. The number of amides is 2. The lowest BCUT2D eigenvalue weighted by Crippen LogP contribution is -2.45. The molecule has 0 fully saturated rings. The van der Waals surface area contributed by atoms with Crippen LogP contribution in [0.25, 0.3) is 0 Å². The van der Waals surface area contributed by atoms with Crippen molar-refractivity contribution < 1.29 is 27.9 Å². The van der Waals surface area contributed by atoms with Crippen LogP contribution in [0.4, 0.5) is 10.5 Å². The standard InChI is InChI=1S/C32H34N3O7P/c1-4-23(2)30(43(39,41-26-17-10-6-11-18-26)42-27-19-12-7-13-20-27)34-29(36)24(3)35-22-14-21-28(31(35)37)33-32(38)40-25-15-8-5-9-16-25/h5-24,30H,4H2,1-3H3,(H,33,38)(H,34,36)/t23?,24-,30?/m0/s1. The highest BCUT2D eigenvalue weighted by Gasteiger charge is 2.44. The number of anilines is 1. The third-order valence-electron chi connectivity index (χ3n) is 6.73. The van der Waals surface area contributed by atoms with Gasteiger partial charge in [-0.1, -0.05) is 74.9 Å². The Hall–Kier alpha value is -4.82. The zero-order valence-electron chi connectivity index (χ0n) is 24.1. The van der Waals surface area contributed by atoms with Crippen LogP contribution < -0.4 is 30.0 Å². The summed E-state index contributed by atoms with van der Waals surface area (Å²) in [6, 6.07) is 27.5. The van der Waals surface area contributed by atoms with Gasteiger partial charge in [0.2, 0.25) is 5.91 Å². The average Bonchev–Trinajstić information content (AvgIpc) is 3.01. The number of nitrogens with one attached hydrogen (secondary N) is 2. The first-order chi connectivity index (χ1) is 20.7. The molecule has 3 atom stereocenters. The van der Waals surface area contributed by atoms with Crippen LogP contribution in [0.15, 0.2) is 114 Å². The number of aromatic nitrogens is 1. The van der Waals surface area contributed by atoms with Crippen molar-refractivity contribution in [3.8, 4) is 17.2 Å². The normalized spacial score (nSPS) is 13.2. The second-order valence-corrected chi connectivity index (χ2v) is 11.8. The number of hydrogen-bond acceptors (Lipinski definition) is 7. The Balaban J connectivity index is 1.58. The van der Waals surface area contributed by atoms with E-state index in [1.54, 1.807) is 91.0 Å².